The Morgan fingerprint density at radius 2 is 1.81 bits per heavy atom. The van der Waals surface area contributed by atoms with Crippen LogP contribution < -0.4 is 0 Å². The summed E-state index contributed by atoms with van der Waals surface area (Å²) in [6.07, 6.45) is 0.908. The molecule has 0 aromatic heterocycles. The molecule has 2 heteroatoms. The number of carbonyl (C=O) groups is 1. The molecular formula is C14H20O2. The highest BCUT2D eigenvalue weighted by atomic mass is 16.3. The number of Topliss-reactive ketones (excluding diaryl/α,β-unsaturated/α-hetero) is 1. The third-order valence-corrected chi connectivity index (χ3v) is 3.22. The number of ketones is 1. The zero-order valence-electron chi connectivity index (χ0n) is 10.5. The second kappa shape index (κ2) is 4.79. The van der Waals surface area contributed by atoms with Crippen molar-refractivity contribution in [3.63, 3.8) is 0 Å². The van der Waals surface area contributed by atoms with Crippen molar-refractivity contribution in [1.29, 1.82) is 0 Å². The van der Waals surface area contributed by atoms with Gasteiger partial charge in [0.15, 0.2) is 5.78 Å². The van der Waals surface area contributed by atoms with Crippen LogP contribution in [-0.4, -0.2) is 16.5 Å². The highest BCUT2D eigenvalue weighted by molar-refractivity contribution is 6.03. The first-order valence-corrected chi connectivity index (χ1v) is 5.79. The summed E-state index contributed by atoms with van der Waals surface area (Å²) < 4.78 is 0. The van der Waals surface area contributed by atoms with Crippen molar-refractivity contribution in [3.05, 3.63) is 34.9 Å². The van der Waals surface area contributed by atoms with Crippen molar-refractivity contribution in [2.45, 2.75) is 46.1 Å². The summed E-state index contributed by atoms with van der Waals surface area (Å²) in [5.74, 6) is -0.157. The third-order valence-electron chi connectivity index (χ3n) is 3.22. The number of carbonyl (C=O) groups excluding carboxylic acids is 1. The minimum atomic E-state index is -1.21. The van der Waals surface area contributed by atoms with E-state index in [1.165, 1.54) is 0 Å². The van der Waals surface area contributed by atoms with Crippen molar-refractivity contribution in [2.24, 2.45) is 0 Å². The molecule has 0 fully saturated rings. The zero-order valence-corrected chi connectivity index (χ0v) is 10.5. The minimum Gasteiger partial charge on any atom is -0.382 e. The van der Waals surface area contributed by atoms with E-state index < -0.39 is 5.60 Å². The Hall–Kier alpha value is -1.15. The molecule has 16 heavy (non-hydrogen) atoms. The monoisotopic (exact) mass is 220 g/mol. The first-order valence-electron chi connectivity index (χ1n) is 5.79. The molecular weight excluding hydrogens is 200 g/mol. The quantitative estimate of drug-likeness (QED) is 0.792. The molecule has 1 aromatic rings. The van der Waals surface area contributed by atoms with Crippen LogP contribution in [0.3, 0.4) is 0 Å². The van der Waals surface area contributed by atoms with Gasteiger partial charge in [0.25, 0.3) is 0 Å². The highest BCUT2D eigenvalue weighted by Gasteiger charge is 2.33. The fourth-order valence-electron chi connectivity index (χ4n) is 1.89. The van der Waals surface area contributed by atoms with Crippen LogP contribution >= 0.6 is 0 Å². The predicted octanol–water partition coefficient (Wildman–Crippen LogP) is 3.04. The van der Waals surface area contributed by atoms with E-state index >= 15 is 0 Å². The number of benzene rings is 1. The number of rotatable bonds is 4. The summed E-state index contributed by atoms with van der Waals surface area (Å²) in [6, 6.07) is 5.69. The second-order valence-electron chi connectivity index (χ2n) is 4.39. The van der Waals surface area contributed by atoms with E-state index in [4.69, 9.17) is 0 Å². The number of aryl methyl sites for hydroxylation is 2. The Morgan fingerprint density at radius 3 is 2.25 bits per heavy atom. The summed E-state index contributed by atoms with van der Waals surface area (Å²) in [5, 5.41) is 10.2. The molecule has 0 saturated heterocycles. The second-order valence-corrected chi connectivity index (χ2v) is 4.39. The van der Waals surface area contributed by atoms with Crippen LogP contribution in [0.2, 0.25) is 0 Å². The molecule has 1 N–H and O–H groups in total. The molecule has 0 saturated carbocycles. The van der Waals surface area contributed by atoms with Gasteiger partial charge in [0.2, 0.25) is 0 Å². The molecule has 0 aliphatic rings. The fourth-order valence-corrected chi connectivity index (χ4v) is 1.89. The summed E-state index contributed by atoms with van der Waals surface area (Å²) in [6.45, 7) is 7.58. The molecule has 2 nitrogen and oxygen atoms in total. The maximum absolute atomic E-state index is 12.2. The molecule has 0 bridgehead atoms. The molecule has 0 heterocycles. The lowest BCUT2D eigenvalue weighted by molar-refractivity contribution is 0.0277. The summed E-state index contributed by atoms with van der Waals surface area (Å²) >= 11 is 0. The van der Waals surface area contributed by atoms with Crippen molar-refractivity contribution in [3.8, 4) is 0 Å². The normalized spacial score (nSPS) is 11.6. The number of hydrogen-bond acceptors (Lipinski definition) is 2. The van der Waals surface area contributed by atoms with Gasteiger partial charge in [-0.05, 0) is 32.3 Å². The van der Waals surface area contributed by atoms with E-state index in [9.17, 15) is 9.90 Å². The molecule has 0 spiro atoms. The molecule has 0 unspecified atom stereocenters. The Morgan fingerprint density at radius 1 is 1.25 bits per heavy atom. The van der Waals surface area contributed by atoms with Crippen LogP contribution in [0.25, 0.3) is 0 Å². The van der Waals surface area contributed by atoms with Crippen LogP contribution in [0, 0.1) is 13.8 Å². The molecule has 88 valence electrons. The van der Waals surface area contributed by atoms with Crippen LogP contribution in [0.15, 0.2) is 18.2 Å². The van der Waals surface area contributed by atoms with E-state index in [-0.39, 0.29) is 5.78 Å². The van der Waals surface area contributed by atoms with Gasteiger partial charge < -0.3 is 5.11 Å². The molecule has 0 aliphatic carbocycles. The first kappa shape index (κ1) is 12.9. The Kier molecular flexibility index (Phi) is 3.87. The van der Waals surface area contributed by atoms with Gasteiger partial charge in [-0.2, -0.15) is 0 Å². The molecule has 0 amide bonds. The number of hydrogen-bond donors (Lipinski definition) is 1. The van der Waals surface area contributed by atoms with Gasteiger partial charge in [0.1, 0.15) is 5.60 Å². The van der Waals surface area contributed by atoms with Crippen LogP contribution in [-0.2, 0) is 0 Å². The van der Waals surface area contributed by atoms with Crippen LogP contribution in [0.4, 0.5) is 0 Å². The predicted molar refractivity (Wildman–Crippen MR) is 65.8 cm³/mol. The highest BCUT2D eigenvalue weighted by Crippen LogP contribution is 2.23. The van der Waals surface area contributed by atoms with E-state index in [1.54, 1.807) is 0 Å². The lowest BCUT2D eigenvalue weighted by atomic mass is 9.86. The van der Waals surface area contributed by atoms with Gasteiger partial charge in [-0.25, -0.2) is 0 Å². The van der Waals surface area contributed by atoms with E-state index in [2.05, 4.69) is 0 Å². The fraction of sp³-hybridized carbons (Fsp3) is 0.500. The SMILES string of the molecule is CCC(O)(CC)C(=O)c1ccc(C)cc1C. The summed E-state index contributed by atoms with van der Waals surface area (Å²) in [5.41, 5.74) is 1.49. The molecule has 0 aliphatic heterocycles. The maximum atomic E-state index is 12.2. The van der Waals surface area contributed by atoms with Gasteiger partial charge >= 0.3 is 0 Å². The lowest BCUT2D eigenvalue weighted by Gasteiger charge is -2.24. The average molecular weight is 220 g/mol. The van der Waals surface area contributed by atoms with E-state index in [1.807, 2.05) is 45.9 Å². The largest absolute Gasteiger partial charge is 0.382 e. The Labute approximate surface area is 97.3 Å². The minimum absolute atomic E-state index is 0.157. The average Bonchev–Trinajstić information content (AvgIpc) is 2.27. The lowest BCUT2D eigenvalue weighted by Crippen LogP contribution is -2.37. The molecule has 1 rings (SSSR count). The third kappa shape index (κ3) is 2.33. The van der Waals surface area contributed by atoms with Crippen molar-refractivity contribution in [2.75, 3.05) is 0 Å². The molecule has 0 radical (unpaired) electrons. The van der Waals surface area contributed by atoms with Gasteiger partial charge in [0, 0.05) is 5.56 Å². The van der Waals surface area contributed by atoms with E-state index in [0.29, 0.717) is 18.4 Å². The topological polar surface area (TPSA) is 37.3 Å². The smallest absolute Gasteiger partial charge is 0.194 e. The number of aliphatic hydroxyl groups is 1. The van der Waals surface area contributed by atoms with Gasteiger partial charge in [-0.3, -0.25) is 4.79 Å². The standard InChI is InChI=1S/C14H20O2/c1-5-14(16,6-2)13(15)12-8-7-10(3)9-11(12)4/h7-9,16H,5-6H2,1-4H3. The van der Waals surface area contributed by atoms with Gasteiger partial charge in [-0.1, -0.05) is 37.6 Å². The first-order chi connectivity index (χ1) is 7.44. The van der Waals surface area contributed by atoms with Gasteiger partial charge in [-0.15, -0.1) is 0 Å². The zero-order chi connectivity index (χ0) is 12.3. The Bertz CT molecular complexity index is 390. The van der Waals surface area contributed by atoms with Crippen LogP contribution in [0.1, 0.15) is 48.2 Å². The maximum Gasteiger partial charge on any atom is 0.194 e. The van der Waals surface area contributed by atoms with Crippen molar-refractivity contribution < 1.29 is 9.90 Å². The van der Waals surface area contributed by atoms with Gasteiger partial charge in [0.05, 0.1) is 0 Å². The van der Waals surface area contributed by atoms with Crippen molar-refractivity contribution >= 4 is 5.78 Å². The molecule has 0 atom stereocenters. The molecule has 1 aromatic carbocycles. The summed E-state index contributed by atoms with van der Waals surface area (Å²) in [7, 11) is 0. The van der Waals surface area contributed by atoms with Crippen LogP contribution in [0.5, 0.6) is 0 Å². The summed E-state index contributed by atoms with van der Waals surface area (Å²) in [4.78, 5) is 12.2. The Balaban J connectivity index is 3.14. The van der Waals surface area contributed by atoms with Crippen molar-refractivity contribution in [1.82, 2.24) is 0 Å². The van der Waals surface area contributed by atoms with E-state index in [0.717, 1.165) is 11.1 Å².